The Morgan fingerprint density at radius 1 is 1.19 bits per heavy atom. The van der Waals surface area contributed by atoms with Crippen LogP contribution in [0.25, 0.3) is 0 Å². The number of fused-ring (bicyclic) bond motifs is 1. The summed E-state index contributed by atoms with van der Waals surface area (Å²) in [6.45, 7) is 4.92. The molecular formula is C22H28N2O2. The smallest absolute Gasteiger partial charge is 0.224 e. The van der Waals surface area contributed by atoms with E-state index in [1.807, 2.05) is 24.3 Å². The molecule has 4 heteroatoms. The first-order chi connectivity index (χ1) is 12.7. The lowest BCUT2D eigenvalue weighted by Crippen LogP contribution is -2.46. The number of nitrogens with one attached hydrogen (secondary N) is 1. The summed E-state index contributed by atoms with van der Waals surface area (Å²) in [5, 5.41) is 3.12. The first-order valence-corrected chi connectivity index (χ1v) is 9.40. The van der Waals surface area contributed by atoms with Crippen molar-refractivity contribution in [2.75, 3.05) is 20.2 Å². The van der Waals surface area contributed by atoms with E-state index in [-0.39, 0.29) is 5.91 Å². The van der Waals surface area contributed by atoms with Gasteiger partial charge < -0.3 is 10.1 Å². The summed E-state index contributed by atoms with van der Waals surface area (Å²) in [5.41, 5.74) is 3.85. The minimum atomic E-state index is 0.0640. The molecule has 0 aliphatic carbocycles. The molecule has 26 heavy (non-hydrogen) atoms. The highest BCUT2D eigenvalue weighted by Crippen LogP contribution is 2.21. The summed E-state index contributed by atoms with van der Waals surface area (Å²) in [7, 11) is 1.64. The molecule has 1 atom stereocenters. The summed E-state index contributed by atoms with van der Waals surface area (Å²) < 4.78 is 5.22. The largest absolute Gasteiger partial charge is 0.497 e. The number of hydrogen-bond donors (Lipinski definition) is 1. The summed E-state index contributed by atoms with van der Waals surface area (Å²) >= 11 is 0. The molecule has 0 bridgehead atoms. The van der Waals surface area contributed by atoms with Gasteiger partial charge in [-0.3, -0.25) is 9.69 Å². The van der Waals surface area contributed by atoms with Gasteiger partial charge in [0, 0.05) is 25.7 Å². The van der Waals surface area contributed by atoms with Crippen molar-refractivity contribution in [1.29, 1.82) is 0 Å². The molecule has 0 radical (unpaired) electrons. The van der Waals surface area contributed by atoms with E-state index in [2.05, 4.69) is 41.4 Å². The molecule has 1 N–H and O–H groups in total. The van der Waals surface area contributed by atoms with E-state index in [4.69, 9.17) is 4.74 Å². The summed E-state index contributed by atoms with van der Waals surface area (Å²) in [6.07, 6.45) is 2.50. The standard InChI is InChI=1S/C22H28N2O2/c1-3-20(24-12-11-18-8-4-5-9-19(18)16-24)15-23-22(25)14-17-7-6-10-21(13-17)26-2/h4-10,13,20H,3,11-12,14-16H2,1-2H3,(H,23,25). The summed E-state index contributed by atoms with van der Waals surface area (Å²) in [5.74, 6) is 0.850. The van der Waals surface area contributed by atoms with Gasteiger partial charge in [0.25, 0.3) is 0 Å². The zero-order chi connectivity index (χ0) is 18.4. The summed E-state index contributed by atoms with van der Waals surface area (Å²) in [6, 6.07) is 16.7. The van der Waals surface area contributed by atoms with Crippen LogP contribution in [0.5, 0.6) is 5.75 Å². The first kappa shape index (κ1) is 18.5. The lowest BCUT2D eigenvalue weighted by Gasteiger charge is -2.35. The molecule has 1 aliphatic heterocycles. The van der Waals surface area contributed by atoms with E-state index in [0.29, 0.717) is 19.0 Å². The first-order valence-electron chi connectivity index (χ1n) is 9.40. The molecule has 1 heterocycles. The summed E-state index contributed by atoms with van der Waals surface area (Å²) in [4.78, 5) is 14.8. The van der Waals surface area contributed by atoms with Gasteiger partial charge in [0.05, 0.1) is 13.5 Å². The number of benzene rings is 2. The molecule has 1 amide bonds. The Kier molecular flexibility index (Phi) is 6.29. The van der Waals surface area contributed by atoms with Crippen LogP contribution in [0.2, 0.25) is 0 Å². The second-order valence-electron chi connectivity index (χ2n) is 6.88. The Morgan fingerprint density at radius 2 is 2.00 bits per heavy atom. The fourth-order valence-corrected chi connectivity index (χ4v) is 3.62. The van der Waals surface area contributed by atoms with Crippen LogP contribution < -0.4 is 10.1 Å². The van der Waals surface area contributed by atoms with Gasteiger partial charge in [0.1, 0.15) is 5.75 Å². The fourth-order valence-electron chi connectivity index (χ4n) is 3.62. The average molecular weight is 352 g/mol. The van der Waals surface area contributed by atoms with E-state index >= 15 is 0 Å². The Bertz CT molecular complexity index is 744. The van der Waals surface area contributed by atoms with Gasteiger partial charge in [0.15, 0.2) is 0 Å². The SMILES string of the molecule is CCC(CNC(=O)Cc1cccc(OC)c1)N1CCc2ccccc2C1. The van der Waals surface area contributed by atoms with Crippen molar-refractivity contribution in [1.82, 2.24) is 10.2 Å². The van der Waals surface area contributed by atoms with E-state index in [1.54, 1.807) is 7.11 Å². The Hall–Kier alpha value is -2.33. The van der Waals surface area contributed by atoms with Crippen LogP contribution in [0.3, 0.4) is 0 Å². The second kappa shape index (κ2) is 8.86. The predicted molar refractivity (Wildman–Crippen MR) is 104 cm³/mol. The van der Waals surface area contributed by atoms with E-state index in [0.717, 1.165) is 37.2 Å². The molecular weight excluding hydrogens is 324 g/mol. The van der Waals surface area contributed by atoms with Gasteiger partial charge in [-0.15, -0.1) is 0 Å². The molecule has 4 nitrogen and oxygen atoms in total. The third kappa shape index (κ3) is 4.64. The van der Waals surface area contributed by atoms with E-state index in [1.165, 1.54) is 11.1 Å². The third-order valence-corrected chi connectivity index (χ3v) is 5.18. The fraction of sp³-hybridized carbons (Fsp3) is 0.409. The maximum Gasteiger partial charge on any atom is 0.224 e. The van der Waals surface area contributed by atoms with E-state index in [9.17, 15) is 4.79 Å². The Labute approximate surface area is 156 Å². The molecule has 3 rings (SSSR count). The Morgan fingerprint density at radius 3 is 2.77 bits per heavy atom. The lowest BCUT2D eigenvalue weighted by atomic mass is 9.98. The number of methoxy groups -OCH3 is 1. The number of carbonyl (C=O) groups excluding carboxylic acids is 1. The molecule has 0 spiro atoms. The molecule has 0 saturated heterocycles. The zero-order valence-electron chi connectivity index (χ0n) is 15.7. The highest BCUT2D eigenvalue weighted by atomic mass is 16.5. The van der Waals surface area contributed by atoms with Crippen molar-refractivity contribution >= 4 is 5.91 Å². The maximum atomic E-state index is 12.3. The molecule has 2 aromatic rings. The molecule has 1 unspecified atom stereocenters. The number of hydrogen-bond acceptors (Lipinski definition) is 3. The molecule has 138 valence electrons. The molecule has 1 aliphatic rings. The number of nitrogens with zero attached hydrogens (tertiary/aromatic N) is 1. The molecule has 0 aromatic heterocycles. The quantitative estimate of drug-likeness (QED) is 0.832. The second-order valence-corrected chi connectivity index (χ2v) is 6.88. The van der Waals surface area contributed by atoms with Crippen molar-refractivity contribution in [3.05, 3.63) is 65.2 Å². The van der Waals surface area contributed by atoms with Crippen LogP contribution in [-0.4, -0.2) is 37.0 Å². The molecule has 2 aromatic carbocycles. The minimum absolute atomic E-state index is 0.0640. The van der Waals surface area contributed by atoms with Crippen LogP contribution in [-0.2, 0) is 24.2 Å². The van der Waals surface area contributed by atoms with Crippen LogP contribution >= 0.6 is 0 Å². The Balaban J connectivity index is 1.53. The van der Waals surface area contributed by atoms with E-state index < -0.39 is 0 Å². The van der Waals surface area contributed by atoms with Crippen molar-refractivity contribution in [2.24, 2.45) is 0 Å². The van der Waals surface area contributed by atoms with Gasteiger partial charge in [-0.25, -0.2) is 0 Å². The van der Waals surface area contributed by atoms with Crippen molar-refractivity contribution in [3.63, 3.8) is 0 Å². The highest BCUT2D eigenvalue weighted by Gasteiger charge is 2.22. The predicted octanol–water partition coefficient (Wildman–Crippen LogP) is 3.19. The average Bonchev–Trinajstić information content (AvgIpc) is 2.68. The van der Waals surface area contributed by atoms with Crippen LogP contribution in [0.15, 0.2) is 48.5 Å². The molecule has 0 fully saturated rings. The minimum Gasteiger partial charge on any atom is -0.497 e. The normalized spacial score (nSPS) is 15.2. The lowest BCUT2D eigenvalue weighted by molar-refractivity contribution is -0.120. The van der Waals surface area contributed by atoms with Gasteiger partial charge in [0.2, 0.25) is 5.91 Å². The van der Waals surface area contributed by atoms with Crippen LogP contribution in [0.1, 0.15) is 30.0 Å². The van der Waals surface area contributed by atoms with Gasteiger partial charge in [-0.2, -0.15) is 0 Å². The molecule has 0 saturated carbocycles. The third-order valence-electron chi connectivity index (χ3n) is 5.18. The van der Waals surface area contributed by atoms with Crippen molar-refractivity contribution < 1.29 is 9.53 Å². The number of ether oxygens (including phenoxy) is 1. The monoisotopic (exact) mass is 352 g/mol. The number of rotatable bonds is 7. The van der Waals surface area contributed by atoms with Gasteiger partial charge in [-0.1, -0.05) is 43.3 Å². The van der Waals surface area contributed by atoms with Gasteiger partial charge >= 0.3 is 0 Å². The zero-order valence-corrected chi connectivity index (χ0v) is 15.7. The number of carbonyl (C=O) groups is 1. The van der Waals surface area contributed by atoms with Gasteiger partial charge in [-0.05, 0) is 41.7 Å². The van der Waals surface area contributed by atoms with Crippen molar-refractivity contribution in [3.8, 4) is 5.75 Å². The number of amides is 1. The maximum absolute atomic E-state index is 12.3. The topological polar surface area (TPSA) is 41.6 Å². The van der Waals surface area contributed by atoms with Crippen LogP contribution in [0, 0.1) is 0 Å². The van der Waals surface area contributed by atoms with Crippen molar-refractivity contribution in [2.45, 2.75) is 38.8 Å². The highest BCUT2D eigenvalue weighted by molar-refractivity contribution is 5.78. The van der Waals surface area contributed by atoms with Crippen LogP contribution in [0.4, 0.5) is 0 Å².